The van der Waals surface area contributed by atoms with Crippen molar-refractivity contribution in [3.63, 3.8) is 0 Å². The molecule has 0 amide bonds. The predicted molar refractivity (Wildman–Crippen MR) is 403 cm³/mol. The van der Waals surface area contributed by atoms with Gasteiger partial charge in [0, 0.05) is 33.4 Å². The topological polar surface area (TPSA) is 67.1 Å². The van der Waals surface area contributed by atoms with E-state index in [4.69, 9.17) is 9.97 Å². The third-order valence-electron chi connectivity index (χ3n) is 23.2. The standard InChI is InChI=1S/C23H28FN2.3C22H24FN2/c1-7-17(8-2)18-10-9-11-19-22(18)25-13-26(6)23(19)20-12-14(3)21(24)16(5)15(20)4;1-13-11-19(14(2)15(3)20(13)23)22-18-10-6-9-17(16-7-5-8-16)21(18)24-12-25(22)4;1-13-10-18(14(2)15(3)21(13)23)22-19-11-17(16-6-5-7-16)8-9-20(19)24-12-25(22)4;1-13-10-19(14(2)15(3)21(13)23)22-18-9-8-17(16-6-5-7-16)11-20(18)24-12-25(22)4/h9-13,17H,7-8H2,1-6H3;6,9-12,16H,5,7-8H2,1-4H3;2*8-12,16H,5-7H2,1-4H3/q4*+1. The molecule has 0 unspecified atom stereocenters. The number of hydrogen-bond donors (Lipinski definition) is 0. The molecule has 12 heteroatoms. The SMILES string of the molecule is CCC(CC)c1cccc2c(-c3cc(C)c(F)c(C)c3C)[n+](C)cnc12.Cc1cc(-c2c3cc(C4CCC4)ccc3nc[n+]2C)c(C)c(C)c1F.Cc1cc(-c2c3ccc(C4CCC4)cc3nc[n+]2C)c(C)c(C)c1F.Cc1cc(-c2c3cccc(C4CCC4)c3nc[n+]2C)c(C)c(C)c1F. The first-order valence-corrected chi connectivity index (χ1v) is 36.5. The zero-order chi connectivity index (χ0) is 72.2. The Bertz CT molecular complexity index is 5150. The molecule has 15 rings (SSSR count). The summed E-state index contributed by atoms with van der Waals surface area (Å²) >= 11 is 0. The molecule has 0 aliphatic heterocycles. The van der Waals surface area contributed by atoms with E-state index in [0.29, 0.717) is 45.9 Å². The highest BCUT2D eigenvalue weighted by molar-refractivity contribution is 5.96. The molecule has 0 saturated heterocycles. The zero-order valence-electron chi connectivity index (χ0n) is 62.7. The molecule has 0 radical (unpaired) electrons. The highest BCUT2D eigenvalue weighted by Crippen LogP contribution is 2.44. The van der Waals surface area contributed by atoms with E-state index in [-0.39, 0.29) is 23.3 Å². The first-order valence-electron chi connectivity index (χ1n) is 36.5. The van der Waals surface area contributed by atoms with Crippen LogP contribution in [0.1, 0.15) is 197 Å². The van der Waals surface area contributed by atoms with Crippen LogP contribution in [0, 0.1) is 106 Å². The lowest BCUT2D eigenvalue weighted by Crippen LogP contribution is -2.32. The van der Waals surface area contributed by atoms with Crippen molar-refractivity contribution in [3.8, 4) is 45.0 Å². The maximum Gasteiger partial charge on any atom is 0.287 e. The van der Waals surface area contributed by atoms with E-state index >= 15 is 0 Å². The molecule has 0 spiro atoms. The molecular formula is C89H100F4N8+4. The fourth-order valence-electron chi connectivity index (χ4n) is 15.7. The van der Waals surface area contributed by atoms with E-state index in [9.17, 15) is 17.6 Å². The van der Waals surface area contributed by atoms with Crippen LogP contribution in [0.5, 0.6) is 0 Å². The van der Waals surface area contributed by atoms with Gasteiger partial charge in [0.15, 0.2) is 22.1 Å². The number of aromatic nitrogens is 8. The largest absolute Gasteiger partial charge is 0.287 e. The van der Waals surface area contributed by atoms with Crippen LogP contribution in [0.2, 0.25) is 0 Å². The van der Waals surface area contributed by atoms with Crippen LogP contribution in [0.25, 0.3) is 88.6 Å². The summed E-state index contributed by atoms with van der Waals surface area (Å²) in [5.41, 5.74) is 28.1. The Labute approximate surface area is 595 Å². The van der Waals surface area contributed by atoms with Crippen LogP contribution in [0.3, 0.4) is 0 Å². The fraction of sp³-hybridized carbons (Fsp3) is 0.371. The van der Waals surface area contributed by atoms with Gasteiger partial charge in [0.1, 0.15) is 46.0 Å². The van der Waals surface area contributed by atoms with Crippen LogP contribution in [0.4, 0.5) is 17.6 Å². The Balaban J connectivity index is 0.000000127. The van der Waals surface area contributed by atoms with E-state index in [2.05, 4.69) is 110 Å². The Morgan fingerprint density at radius 3 is 1.13 bits per heavy atom. The normalized spacial score (nSPS) is 13.9. The van der Waals surface area contributed by atoms with E-state index in [1.165, 1.54) is 80.0 Å². The molecular weight excluding hydrogens is 1260 g/mol. The second kappa shape index (κ2) is 29.4. The number of nitrogens with zero attached hydrogens (tertiary/aromatic N) is 8. The Kier molecular flexibility index (Phi) is 20.9. The minimum absolute atomic E-state index is 0.0996. The molecule has 3 fully saturated rings. The summed E-state index contributed by atoms with van der Waals surface area (Å²) in [5.74, 6) is 2.11. The van der Waals surface area contributed by atoms with Crippen LogP contribution >= 0.6 is 0 Å². The van der Waals surface area contributed by atoms with Gasteiger partial charge < -0.3 is 0 Å². The summed E-state index contributed by atoms with van der Waals surface area (Å²) in [4.78, 5) is 18.8. The van der Waals surface area contributed by atoms with Gasteiger partial charge in [-0.1, -0.05) is 69.5 Å². The van der Waals surface area contributed by atoms with Crippen molar-refractivity contribution in [2.75, 3.05) is 0 Å². The monoisotopic (exact) mass is 1360 g/mol. The van der Waals surface area contributed by atoms with Crippen molar-refractivity contribution >= 4 is 43.6 Å². The van der Waals surface area contributed by atoms with Crippen LogP contribution in [-0.4, -0.2) is 19.9 Å². The summed E-state index contributed by atoms with van der Waals surface area (Å²) in [7, 11) is 8.06. The van der Waals surface area contributed by atoms with Gasteiger partial charge in [0.25, 0.3) is 25.3 Å². The number of halogens is 4. The second-order valence-electron chi connectivity index (χ2n) is 29.5. The lowest BCUT2D eigenvalue weighted by atomic mass is 9.79. The molecule has 8 aromatic carbocycles. The third-order valence-corrected chi connectivity index (χ3v) is 23.2. The van der Waals surface area contributed by atoms with Crippen molar-refractivity contribution in [3.05, 3.63) is 235 Å². The van der Waals surface area contributed by atoms with E-state index in [1.807, 2.05) is 165 Å². The number of benzene rings is 8. The van der Waals surface area contributed by atoms with Gasteiger partial charge in [0.2, 0.25) is 0 Å². The second-order valence-corrected chi connectivity index (χ2v) is 29.5. The summed E-state index contributed by atoms with van der Waals surface area (Å²) in [6.07, 6.45) is 21.3. The van der Waals surface area contributed by atoms with Crippen LogP contribution in [-0.2, 0) is 28.2 Å². The van der Waals surface area contributed by atoms with Crippen molar-refractivity contribution < 1.29 is 35.8 Å². The van der Waals surface area contributed by atoms with Gasteiger partial charge in [-0.3, -0.25) is 0 Å². The van der Waals surface area contributed by atoms with Crippen LogP contribution < -0.4 is 18.3 Å². The Morgan fingerprint density at radius 2 is 0.713 bits per heavy atom. The van der Waals surface area contributed by atoms with Gasteiger partial charge in [0.05, 0.1) is 49.7 Å². The molecule has 4 heterocycles. The molecule has 0 bridgehead atoms. The van der Waals surface area contributed by atoms with Crippen molar-refractivity contribution in [2.45, 2.75) is 191 Å². The molecule has 0 N–H and O–H groups in total. The highest BCUT2D eigenvalue weighted by Gasteiger charge is 2.30. The molecule has 8 nitrogen and oxygen atoms in total. The maximum absolute atomic E-state index is 14.3. The van der Waals surface area contributed by atoms with E-state index in [1.54, 1.807) is 0 Å². The predicted octanol–water partition coefficient (Wildman–Crippen LogP) is 20.9. The average Bonchev–Trinajstić information content (AvgIpc) is 0.773. The average molecular weight is 1360 g/mol. The molecule has 3 aliphatic rings. The lowest BCUT2D eigenvalue weighted by molar-refractivity contribution is -0.662. The molecule has 4 aromatic heterocycles. The maximum atomic E-state index is 14.3. The van der Waals surface area contributed by atoms with Crippen molar-refractivity contribution in [1.82, 2.24) is 19.9 Å². The third kappa shape index (κ3) is 13.5. The van der Waals surface area contributed by atoms with E-state index < -0.39 is 0 Å². The molecule has 101 heavy (non-hydrogen) atoms. The van der Waals surface area contributed by atoms with Gasteiger partial charge >= 0.3 is 0 Å². The number of aryl methyl sites for hydroxylation is 8. The minimum atomic E-state index is -0.106. The van der Waals surface area contributed by atoms with Gasteiger partial charge in [-0.15, -0.1) is 0 Å². The number of fused-ring (bicyclic) bond motifs is 4. The number of rotatable bonds is 10. The van der Waals surface area contributed by atoms with Gasteiger partial charge in [-0.25, -0.2) is 35.8 Å². The zero-order valence-corrected chi connectivity index (χ0v) is 62.7. The first kappa shape index (κ1) is 71.7. The molecule has 3 saturated carbocycles. The molecule has 520 valence electrons. The van der Waals surface area contributed by atoms with Crippen LogP contribution in [0.15, 0.2) is 122 Å². The summed E-state index contributed by atoms with van der Waals surface area (Å²) in [5, 5.41) is 4.57. The first-order chi connectivity index (χ1) is 48.3. The quantitative estimate of drug-likeness (QED) is 0.101. The smallest absolute Gasteiger partial charge is 0.232 e. The molecule has 3 aliphatic carbocycles. The molecule has 0 atom stereocenters. The summed E-state index contributed by atoms with van der Waals surface area (Å²) in [6.45, 7) is 27.3. The Morgan fingerprint density at radius 1 is 0.356 bits per heavy atom. The van der Waals surface area contributed by atoms with Crippen molar-refractivity contribution in [1.29, 1.82) is 0 Å². The number of hydrogen-bond acceptors (Lipinski definition) is 4. The highest BCUT2D eigenvalue weighted by atomic mass is 19.1. The van der Waals surface area contributed by atoms with Gasteiger partial charge in [-0.2, -0.15) is 0 Å². The summed E-state index contributed by atoms with van der Waals surface area (Å²) in [6, 6.07) is 34.2. The minimum Gasteiger partial charge on any atom is -0.232 e. The van der Waals surface area contributed by atoms with Gasteiger partial charge in [-0.05, 0) is 317 Å². The molecule has 12 aromatic rings. The summed E-state index contributed by atoms with van der Waals surface area (Å²) < 4.78 is 65.4. The number of para-hydroxylation sites is 2. The fourth-order valence-corrected chi connectivity index (χ4v) is 15.7. The van der Waals surface area contributed by atoms with E-state index in [0.717, 1.165) is 146 Å². The van der Waals surface area contributed by atoms with Crippen molar-refractivity contribution in [2.24, 2.45) is 28.2 Å². The Hall–Kier alpha value is -9.16. The lowest BCUT2D eigenvalue weighted by Gasteiger charge is -2.25.